The Bertz CT molecular complexity index is 890. The average molecular weight is 375 g/mol. The Labute approximate surface area is 157 Å². The smallest absolute Gasteiger partial charge is 0.119 e. The van der Waals surface area contributed by atoms with Crippen LogP contribution >= 0.6 is 23.2 Å². The van der Waals surface area contributed by atoms with E-state index in [4.69, 9.17) is 27.9 Å². The summed E-state index contributed by atoms with van der Waals surface area (Å²) in [4.78, 5) is 0. The van der Waals surface area contributed by atoms with Crippen LogP contribution in [0, 0.1) is 0 Å². The number of aromatic nitrogens is 1. The quantitative estimate of drug-likeness (QED) is 0.715. The molecule has 1 N–H and O–H groups in total. The molecule has 2 aromatic carbocycles. The van der Waals surface area contributed by atoms with E-state index < -0.39 is 0 Å². The second kappa shape index (κ2) is 7.28. The first-order valence-corrected chi connectivity index (χ1v) is 9.37. The Morgan fingerprint density at radius 3 is 2.60 bits per heavy atom. The number of nitrogens with zero attached hydrogens (tertiary/aromatic N) is 1. The zero-order valence-electron chi connectivity index (χ0n) is 13.9. The van der Waals surface area contributed by atoms with Crippen LogP contribution in [0.25, 0.3) is 10.9 Å². The molecular weight excluding hydrogens is 355 g/mol. The molecule has 1 aliphatic rings. The van der Waals surface area contributed by atoms with Crippen LogP contribution in [-0.4, -0.2) is 24.3 Å². The molecule has 0 unspecified atom stereocenters. The maximum Gasteiger partial charge on any atom is 0.119 e. The molecule has 5 heteroatoms. The van der Waals surface area contributed by atoms with E-state index in [1.807, 2.05) is 42.5 Å². The van der Waals surface area contributed by atoms with Gasteiger partial charge < -0.3 is 14.6 Å². The summed E-state index contributed by atoms with van der Waals surface area (Å²) in [7, 11) is 0. The van der Waals surface area contributed by atoms with E-state index in [1.165, 1.54) is 16.6 Å². The number of benzene rings is 2. The third kappa shape index (κ3) is 3.37. The number of hydrogen-bond acceptors (Lipinski definition) is 2. The fourth-order valence-electron chi connectivity index (χ4n) is 3.60. The van der Waals surface area contributed by atoms with Crippen molar-refractivity contribution in [1.29, 1.82) is 0 Å². The fraction of sp³-hybridized carbons (Fsp3) is 0.300. The Hall–Kier alpha value is -1.68. The minimum Gasteiger partial charge on any atom is -0.492 e. The molecule has 0 amide bonds. The van der Waals surface area contributed by atoms with Gasteiger partial charge in [-0.1, -0.05) is 41.4 Å². The highest BCUT2D eigenvalue weighted by Gasteiger charge is 2.20. The number of halogens is 2. The van der Waals surface area contributed by atoms with E-state index in [9.17, 15) is 0 Å². The minimum atomic E-state index is 0.602. The van der Waals surface area contributed by atoms with E-state index in [0.29, 0.717) is 16.7 Å². The van der Waals surface area contributed by atoms with Crippen LogP contribution in [0.1, 0.15) is 11.3 Å². The van der Waals surface area contributed by atoms with E-state index in [0.717, 1.165) is 43.7 Å². The summed E-state index contributed by atoms with van der Waals surface area (Å²) < 4.78 is 8.26. The van der Waals surface area contributed by atoms with Crippen molar-refractivity contribution in [1.82, 2.24) is 9.88 Å². The van der Waals surface area contributed by atoms with Gasteiger partial charge in [-0.15, -0.1) is 0 Å². The van der Waals surface area contributed by atoms with Crippen molar-refractivity contribution >= 4 is 34.1 Å². The molecule has 0 radical (unpaired) electrons. The molecule has 3 aromatic rings. The van der Waals surface area contributed by atoms with Crippen LogP contribution in [0.2, 0.25) is 10.0 Å². The Morgan fingerprint density at radius 2 is 1.76 bits per heavy atom. The molecule has 0 fully saturated rings. The highest BCUT2D eigenvalue weighted by Crippen LogP contribution is 2.34. The van der Waals surface area contributed by atoms with E-state index in [2.05, 4.69) is 9.88 Å². The topological polar surface area (TPSA) is 26.2 Å². The summed E-state index contributed by atoms with van der Waals surface area (Å²) >= 11 is 12.6. The lowest BCUT2D eigenvalue weighted by Gasteiger charge is -2.12. The van der Waals surface area contributed by atoms with Crippen molar-refractivity contribution in [3.8, 4) is 5.75 Å². The summed E-state index contributed by atoms with van der Waals surface area (Å²) in [6, 6.07) is 13.9. The van der Waals surface area contributed by atoms with Crippen molar-refractivity contribution in [2.24, 2.45) is 0 Å². The summed E-state index contributed by atoms with van der Waals surface area (Å²) in [5.74, 6) is 0.896. The van der Waals surface area contributed by atoms with Crippen LogP contribution in [-0.2, 0) is 19.4 Å². The summed E-state index contributed by atoms with van der Waals surface area (Å²) in [5.41, 5.74) is 3.91. The SMILES string of the molecule is Clc1cc2c3c(n(CCOc4ccccc4)c2cc1Cl)CCNCC3. The minimum absolute atomic E-state index is 0.602. The number of rotatable bonds is 4. The van der Waals surface area contributed by atoms with Gasteiger partial charge in [0.1, 0.15) is 12.4 Å². The largest absolute Gasteiger partial charge is 0.492 e. The van der Waals surface area contributed by atoms with Gasteiger partial charge in [0, 0.05) is 24.0 Å². The Balaban J connectivity index is 1.69. The van der Waals surface area contributed by atoms with E-state index >= 15 is 0 Å². The third-order valence-corrected chi connectivity index (χ3v) is 5.47. The van der Waals surface area contributed by atoms with Gasteiger partial charge in [0.2, 0.25) is 0 Å². The number of ether oxygens (including phenoxy) is 1. The maximum absolute atomic E-state index is 6.30. The molecule has 1 aromatic heterocycles. The predicted octanol–water partition coefficient (Wildman–Crippen LogP) is 4.72. The van der Waals surface area contributed by atoms with Crippen LogP contribution < -0.4 is 10.1 Å². The molecule has 0 bridgehead atoms. The van der Waals surface area contributed by atoms with Gasteiger partial charge in [-0.3, -0.25) is 0 Å². The zero-order valence-corrected chi connectivity index (χ0v) is 15.4. The van der Waals surface area contributed by atoms with Gasteiger partial charge >= 0.3 is 0 Å². The highest BCUT2D eigenvalue weighted by atomic mass is 35.5. The first kappa shape index (κ1) is 16.8. The van der Waals surface area contributed by atoms with Gasteiger partial charge in [-0.05, 0) is 42.8 Å². The number of para-hydroxylation sites is 1. The monoisotopic (exact) mass is 374 g/mol. The molecular formula is C20H20Cl2N2O. The van der Waals surface area contributed by atoms with Gasteiger partial charge in [-0.2, -0.15) is 0 Å². The number of nitrogens with one attached hydrogen (secondary N) is 1. The van der Waals surface area contributed by atoms with Crippen molar-refractivity contribution < 1.29 is 4.74 Å². The maximum atomic E-state index is 6.30. The standard InChI is InChI=1S/C20H20Cl2N2O/c21-17-12-16-15-6-8-23-9-7-19(15)24(20(16)13-18(17)22)10-11-25-14-4-2-1-3-5-14/h1-5,12-13,23H,6-11H2. The molecule has 0 saturated heterocycles. The molecule has 0 atom stereocenters. The second-order valence-corrected chi connectivity index (χ2v) is 7.09. The molecule has 0 aliphatic carbocycles. The van der Waals surface area contributed by atoms with Gasteiger partial charge in [0.15, 0.2) is 0 Å². The third-order valence-electron chi connectivity index (χ3n) is 4.75. The molecule has 25 heavy (non-hydrogen) atoms. The fourth-order valence-corrected chi connectivity index (χ4v) is 3.92. The van der Waals surface area contributed by atoms with Gasteiger partial charge in [0.25, 0.3) is 0 Å². The molecule has 0 spiro atoms. The average Bonchev–Trinajstić information content (AvgIpc) is 2.79. The lowest BCUT2D eigenvalue weighted by molar-refractivity contribution is 0.299. The predicted molar refractivity (Wildman–Crippen MR) is 104 cm³/mol. The first-order chi connectivity index (χ1) is 12.2. The molecule has 4 rings (SSSR count). The van der Waals surface area contributed by atoms with Crippen molar-refractivity contribution in [2.75, 3.05) is 19.7 Å². The lowest BCUT2D eigenvalue weighted by atomic mass is 10.1. The number of hydrogen-bond donors (Lipinski definition) is 1. The summed E-state index contributed by atoms with van der Waals surface area (Å²) in [6.07, 6.45) is 2.01. The number of fused-ring (bicyclic) bond motifs is 3. The normalized spacial score (nSPS) is 14.3. The first-order valence-electron chi connectivity index (χ1n) is 8.61. The molecule has 2 heterocycles. The Morgan fingerprint density at radius 1 is 1.00 bits per heavy atom. The molecule has 3 nitrogen and oxygen atoms in total. The molecule has 0 saturated carbocycles. The van der Waals surface area contributed by atoms with E-state index in [1.54, 1.807) is 0 Å². The van der Waals surface area contributed by atoms with Gasteiger partial charge in [0.05, 0.1) is 22.1 Å². The van der Waals surface area contributed by atoms with Crippen LogP contribution in [0.4, 0.5) is 0 Å². The summed E-state index contributed by atoms with van der Waals surface area (Å²) in [6.45, 7) is 3.39. The van der Waals surface area contributed by atoms with Crippen LogP contribution in [0.15, 0.2) is 42.5 Å². The Kier molecular flexibility index (Phi) is 4.89. The molecule has 1 aliphatic heterocycles. The van der Waals surface area contributed by atoms with Crippen molar-refractivity contribution in [3.63, 3.8) is 0 Å². The van der Waals surface area contributed by atoms with Crippen molar-refractivity contribution in [2.45, 2.75) is 19.4 Å². The lowest BCUT2D eigenvalue weighted by Crippen LogP contribution is -2.18. The van der Waals surface area contributed by atoms with E-state index in [-0.39, 0.29) is 0 Å². The van der Waals surface area contributed by atoms with Crippen LogP contribution in [0.3, 0.4) is 0 Å². The zero-order chi connectivity index (χ0) is 17.2. The van der Waals surface area contributed by atoms with Gasteiger partial charge in [-0.25, -0.2) is 0 Å². The van der Waals surface area contributed by atoms with Crippen LogP contribution in [0.5, 0.6) is 5.75 Å². The molecule has 130 valence electrons. The van der Waals surface area contributed by atoms with Crippen molar-refractivity contribution in [3.05, 3.63) is 63.8 Å². The second-order valence-electron chi connectivity index (χ2n) is 6.27. The summed E-state index contributed by atoms with van der Waals surface area (Å²) in [5, 5.41) is 5.91. The highest BCUT2D eigenvalue weighted by molar-refractivity contribution is 6.42.